The number of halogens is 2. The van der Waals surface area contributed by atoms with Gasteiger partial charge in [0.05, 0.1) is 41.4 Å². The molecule has 46 heavy (non-hydrogen) atoms. The molecule has 3 fully saturated rings. The van der Waals surface area contributed by atoms with Gasteiger partial charge in [-0.05, 0) is 75.1 Å². The average Bonchev–Trinajstić information content (AvgIpc) is 3.48. The van der Waals surface area contributed by atoms with E-state index in [0.717, 1.165) is 38.6 Å². The van der Waals surface area contributed by atoms with Crippen molar-refractivity contribution in [3.05, 3.63) is 47.2 Å². The van der Waals surface area contributed by atoms with Crippen molar-refractivity contribution in [3.63, 3.8) is 0 Å². The Morgan fingerprint density at radius 1 is 1.09 bits per heavy atom. The highest BCUT2D eigenvalue weighted by Crippen LogP contribution is 2.44. The summed E-state index contributed by atoms with van der Waals surface area (Å²) in [5.74, 6) is 1.51. The summed E-state index contributed by atoms with van der Waals surface area (Å²) in [5.41, 5.74) is 0.526. The van der Waals surface area contributed by atoms with Gasteiger partial charge in [-0.15, -0.1) is 6.42 Å². The summed E-state index contributed by atoms with van der Waals surface area (Å²) in [7, 11) is 0. The summed E-state index contributed by atoms with van der Waals surface area (Å²) in [4.78, 5) is 19.0. The number of terminal acetylenes is 1. The molecule has 4 aromatic rings. The highest BCUT2D eigenvalue weighted by Gasteiger charge is 2.49. The third-order valence-corrected chi connectivity index (χ3v) is 10.4. The van der Waals surface area contributed by atoms with Crippen LogP contribution in [0.4, 0.5) is 14.6 Å². The zero-order valence-electron chi connectivity index (χ0n) is 25.4. The van der Waals surface area contributed by atoms with Crippen LogP contribution in [0.25, 0.3) is 32.9 Å². The molecule has 0 bridgehead atoms. The Bertz CT molecular complexity index is 1910. The highest BCUT2D eigenvalue weighted by molar-refractivity contribution is 6.03. The van der Waals surface area contributed by atoms with Crippen LogP contribution in [-0.2, 0) is 11.2 Å². The molecule has 6 heterocycles. The minimum atomic E-state index is -0.724. The first-order valence-electron chi connectivity index (χ1n) is 16.1. The number of aliphatic hydroxyl groups is 1. The second-order valence-corrected chi connectivity index (χ2v) is 12.9. The lowest BCUT2D eigenvalue weighted by molar-refractivity contribution is 0.0644. The van der Waals surface area contributed by atoms with Crippen LogP contribution in [0.1, 0.15) is 49.8 Å². The number of phenolic OH excluding ortho intramolecular Hbond substituents is 1. The van der Waals surface area contributed by atoms with Crippen molar-refractivity contribution in [1.29, 1.82) is 0 Å². The largest absolute Gasteiger partial charge is 0.508 e. The third-order valence-electron chi connectivity index (χ3n) is 10.4. The Labute approximate surface area is 265 Å². The monoisotopic (exact) mass is 627 g/mol. The fraction of sp³-hybridized carbons (Fsp3) is 0.457. The van der Waals surface area contributed by atoms with Gasteiger partial charge in [-0.25, -0.2) is 13.8 Å². The summed E-state index contributed by atoms with van der Waals surface area (Å²) >= 11 is 0. The number of pyridine rings is 1. The van der Waals surface area contributed by atoms with Crippen LogP contribution >= 0.6 is 0 Å². The molecular weight excluding hydrogens is 592 g/mol. The Hall–Kier alpha value is -4.11. The van der Waals surface area contributed by atoms with E-state index >= 15 is 4.39 Å². The SMILES string of the molecule is C#Cc1c(F)ccc2cc(O)cc(-c3nc4c5c(nc(OCC67CCCN6[C@H](CO)CC7)nc5c3F)N3CCCOCC3CC4)c12. The van der Waals surface area contributed by atoms with E-state index in [9.17, 15) is 14.6 Å². The molecule has 0 amide bonds. The van der Waals surface area contributed by atoms with E-state index in [1.807, 2.05) is 0 Å². The number of phenols is 1. The number of rotatable bonds is 5. The average molecular weight is 628 g/mol. The molecule has 0 radical (unpaired) electrons. The van der Waals surface area contributed by atoms with E-state index in [2.05, 4.69) is 20.7 Å². The fourth-order valence-corrected chi connectivity index (χ4v) is 8.25. The van der Waals surface area contributed by atoms with Gasteiger partial charge in [0.15, 0.2) is 5.82 Å². The van der Waals surface area contributed by atoms with Crippen molar-refractivity contribution in [2.45, 2.75) is 62.6 Å². The van der Waals surface area contributed by atoms with Crippen molar-refractivity contribution in [2.24, 2.45) is 0 Å². The van der Waals surface area contributed by atoms with Crippen LogP contribution in [-0.4, -0.2) is 87.2 Å². The quantitative estimate of drug-likeness (QED) is 0.304. The van der Waals surface area contributed by atoms with Gasteiger partial charge >= 0.3 is 6.01 Å². The van der Waals surface area contributed by atoms with Gasteiger partial charge in [-0.2, -0.15) is 9.97 Å². The molecule has 2 aromatic carbocycles. The molecule has 238 valence electrons. The van der Waals surface area contributed by atoms with Gasteiger partial charge in [0, 0.05) is 30.1 Å². The molecule has 11 heteroatoms. The topological polar surface area (TPSA) is 104 Å². The van der Waals surface area contributed by atoms with Crippen LogP contribution in [0.15, 0.2) is 24.3 Å². The van der Waals surface area contributed by atoms with E-state index in [-0.39, 0.29) is 58.3 Å². The maximum absolute atomic E-state index is 17.0. The van der Waals surface area contributed by atoms with Crippen molar-refractivity contribution in [3.8, 4) is 35.4 Å². The number of aromatic nitrogens is 3. The lowest BCUT2D eigenvalue weighted by Gasteiger charge is -2.34. The minimum absolute atomic E-state index is 0.00182. The third kappa shape index (κ3) is 4.57. The number of nitrogens with zero attached hydrogens (tertiary/aromatic N) is 5. The van der Waals surface area contributed by atoms with Crippen LogP contribution in [0.5, 0.6) is 11.8 Å². The van der Waals surface area contributed by atoms with E-state index in [1.54, 1.807) is 0 Å². The predicted molar refractivity (Wildman–Crippen MR) is 169 cm³/mol. The standard InChI is InChI=1S/C35H35F2N5O4/c1-2-24-26(36)7-5-20-15-23(44)16-25(28(20)24)31-30(37)32-29-27(38-31)8-6-22-18-45-14-4-12-41(22)33(29)40-34(39-32)46-19-35-10-3-13-42(35)21(17-43)9-11-35/h1,5,7,15-16,21-22,43-44H,3-4,6,8-14,17-19H2/t21-,22?,35?/m0/s1. The van der Waals surface area contributed by atoms with E-state index in [1.165, 1.54) is 24.3 Å². The lowest BCUT2D eigenvalue weighted by atomic mass is 9.95. The molecule has 0 aliphatic carbocycles. The first kappa shape index (κ1) is 29.3. The molecule has 2 N–H and O–H groups in total. The Kier molecular flexibility index (Phi) is 7.20. The number of ether oxygens (including phenoxy) is 2. The molecule has 4 aliphatic rings. The van der Waals surface area contributed by atoms with Crippen molar-refractivity contribution >= 4 is 27.5 Å². The molecule has 3 atom stereocenters. The van der Waals surface area contributed by atoms with Gasteiger partial charge in [0.2, 0.25) is 0 Å². The highest BCUT2D eigenvalue weighted by atomic mass is 19.1. The zero-order valence-corrected chi connectivity index (χ0v) is 25.4. The smallest absolute Gasteiger partial charge is 0.319 e. The number of hydrogen-bond acceptors (Lipinski definition) is 9. The number of benzene rings is 2. The lowest BCUT2D eigenvalue weighted by Crippen LogP contribution is -2.47. The minimum Gasteiger partial charge on any atom is -0.508 e. The van der Waals surface area contributed by atoms with Gasteiger partial charge in [-0.3, -0.25) is 4.90 Å². The fourth-order valence-electron chi connectivity index (χ4n) is 8.25. The van der Waals surface area contributed by atoms with Crippen LogP contribution < -0.4 is 9.64 Å². The second kappa shape index (κ2) is 11.3. The first-order valence-corrected chi connectivity index (χ1v) is 16.1. The molecular formula is C35H35F2N5O4. The molecule has 9 nitrogen and oxygen atoms in total. The Morgan fingerprint density at radius 3 is 2.83 bits per heavy atom. The maximum Gasteiger partial charge on any atom is 0.319 e. The normalized spacial score (nSPS) is 24.4. The summed E-state index contributed by atoms with van der Waals surface area (Å²) in [6.07, 6.45) is 11.5. The van der Waals surface area contributed by atoms with Crippen molar-refractivity contribution < 1.29 is 28.5 Å². The maximum atomic E-state index is 17.0. The van der Waals surface area contributed by atoms with Crippen LogP contribution in [0.3, 0.4) is 0 Å². The van der Waals surface area contributed by atoms with Gasteiger partial charge in [-0.1, -0.05) is 12.0 Å². The summed E-state index contributed by atoms with van der Waals surface area (Å²) < 4.78 is 44.3. The van der Waals surface area contributed by atoms with Crippen molar-refractivity contribution in [2.75, 3.05) is 44.4 Å². The molecule has 2 aromatic heterocycles. The van der Waals surface area contributed by atoms with Crippen molar-refractivity contribution in [1.82, 2.24) is 19.9 Å². The first-order chi connectivity index (χ1) is 22.4. The molecule has 4 aliphatic heterocycles. The van der Waals surface area contributed by atoms with Crippen LogP contribution in [0, 0.1) is 24.0 Å². The number of aryl methyl sites for hydroxylation is 1. The number of fused-ring (bicyclic) bond motifs is 4. The van der Waals surface area contributed by atoms with Gasteiger partial charge in [0.1, 0.15) is 35.2 Å². The summed E-state index contributed by atoms with van der Waals surface area (Å²) in [6.45, 7) is 3.15. The number of aromatic hydroxyl groups is 1. The summed E-state index contributed by atoms with van der Waals surface area (Å²) in [6, 6.07) is 5.76. The second-order valence-electron chi connectivity index (χ2n) is 12.9. The molecule has 3 saturated heterocycles. The Morgan fingerprint density at radius 2 is 1.98 bits per heavy atom. The summed E-state index contributed by atoms with van der Waals surface area (Å²) in [5, 5.41) is 21.9. The van der Waals surface area contributed by atoms with Gasteiger partial charge in [0.25, 0.3) is 0 Å². The number of hydrogen-bond donors (Lipinski definition) is 2. The van der Waals surface area contributed by atoms with E-state index < -0.39 is 11.6 Å². The van der Waals surface area contributed by atoms with Crippen LogP contribution in [0.2, 0.25) is 0 Å². The van der Waals surface area contributed by atoms with E-state index in [0.29, 0.717) is 66.9 Å². The van der Waals surface area contributed by atoms with E-state index in [4.69, 9.17) is 25.9 Å². The number of anilines is 1. The molecule has 0 spiro atoms. The predicted octanol–water partition coefficient (Wildman–Crippen LogP) is 4.72. The number of aliphatic hydroxyl groups excluding tert-OH is 1. The molecule has 2 unspecified atom stereocenters. The van der Waals surface area contributed by atoms with Gasteiger partial charge < -0.3 is 24.6 Å². The molecule has 0 saturated carbocycles. The molecule has 8 rings (SSSR count). The zero-order chi connectivity index (χ0) is 31.6. The Balaban J connectivity index is 1.32.